The Morgan fingerprint density at radius 3 is 2.47 bits per heavy atom. The summed E-state index contributed by atoms with van der Waals surface area (Å²) in [5.41, 5.74) is -3.88. The highest BCUT2D eigenvalue weighted by Gasteiger charge is 2.30. The third-order valence-electron chi connectivity index (χ3n) is 2.19. The van der Waals surface area contributed by atoms with Gasteiger partial charge in [0.2, 0.25) is 0 Å². The molecule has 7 heteroatoms. The number of carbonyl (C=O) groups is 1. The molecule has 2 nitrogen and oxygen atoms in total. The van der Waals surface area contributed by atoms with Gasteiger partial charge in [0.1, 0.15) is 5.76 Å². The Morgan fingerprint density at radius 2 is 1.95 bits per heavy atom. The Kier molecular flexibility index (Phi) is 3.91. The van der Waals surface area contributed by atoms with E-state index in [0.717, 1.165) is 0 Å². The summed E-state index contributed by atoms with van der Waals surface area (Å²) < 4.78 is 41.9. The third-order valence-corrected chi connectivity index (χ3v) is 3.42. The van der Waals surface area contributed by atoms with Gasteiger partial charge in [0.05, 0.1) is 5.02 Å². The Labute approximate surface area is 115 Å². The van der Waals surface area contributed by atoms with Crippen molar-refractivity contribution < 1.29 is 22.4 Å². The fourth-order valence-electron chi connectivity index (χ4n) is 1.43. The first-order valence-electron chi connectivity index (χ1n) is 5.00. The number of thioether (sulfide) groups is 1. The van der Waals surface area contributed by atoms with Gasteiger partial charge < -0.3 is 4.42 Å². The number of rotatable bonds is 3. The van der Waals surface area contributed by atoms with Crippen molar-refractivity contribution in [2.24, 2.45) is 0 Å². The average molecular weight is 307 g/mol. The number of halogens is 4. The van der Waals surface area contributed by atoms with Crippen LogP contribution in [0.5, 0.6) is 0 Å². The lowest BCUT2D eigenvalue weighted by molar-refractivity contribution is -0.0328. The molecule has 0 fully saturated rings. The average Bonchev–Trinajstić information content (AvgIpc) is 2.79. The fourth-order valence-corrected chi connectivity index (χ4v) is 2.27. The molecular formula is C12H6ClF3O2S. The minimum Gasteiger partial charge on any atom is -0.453 e. The van der Waals surface area contributed by atoms with Crippen LogP contribution in [-0.4, -0.2) is 11.8 Å². The van der Waals surface area contributed by atoms with Crippen LogP contribution in [-0.2, 0) is 0 Å². The summed E-state index contributed by atoms with van der Waals surface area (Å²) in [6.07, 6.45) is 0.541. The highest BCUT2D eigenvalue weighted by molar-refractivity contribution is 8.00. The minimum atomic E-state index is -4.39. The van der Waals surface area contributed by atoms with Gasteiger partial charge >= 0.3 is 5.51 Å². The SMILES string of the molecule is O=Cc1ccc(-c2ccc(SC(F)(F)F)c(Cl)c2)o1. The summed E-state index contributed by atoms with van der Waals surface area (Å²) in [5.74, 6) is 0.507. The quantitative estimate of drug-likeness (QED) is 0.589. The lowest BCUT2D eigenvalue weighted by Crippen LogP contribution is -1.99. The molecule has 0 atom stereocenters. The maximum Gasteiger partial charge on any atom is 0.446 e. The molecule has 2 aromatic rings. The van der Waals surface area contributed by atoms with Crippen LogP contribution in [0.3, 0.4) is 0 Å². The second-order valence-corrected chi connectivity index (χ2v) is 5.03. The Hall–Kier alpha value is -1.40. The fraction of sp³-hybridized carbons (Fsp3) is 0.0833. The number of aldehydes is 1. The van der Waals surface area contributed by atoms with Gasteiger partial charge in [0.25, 0.3) is 0 Å². The minimum absolute atomic E-state index is 0.0242. The van der Waals surface area contributed by atoms with Crippen LogP contribution in [0.4, 0.5) is 13.2 Å². The molecule has 0 aliphatic rings. The topological polar surface area (TPSA) is 30.2 Å². The molecule has 1 heterocycles. The molecule has 0 saturated carbocycles. The van der Waals surface area contributed by atoms with Gasteiger partial charge in [-0.1, -0.05) is 17.7 Å². The van der Waals surface area contributed by atoms with Crippen LogP contribution in [0.2, 0.25) is 5.02 Å². The van der Waals surface area contributed by atoms with Crippen molar-refractivity contribution in [1.29, 1.82) is 0 Å². The van der Waals surface area contributed by atoms with Crippen LogP contribution in [0.25, 0.3) is 11.3 Å². The van der Waals surface area contributed by atoms with Crippen LogP contribution in [0, 0.1) is 0 Å². The van der Waals surface area contributed by atoms with Crippen LogP contribution in [0.15, 0.2) is 39.6 Å². The summed E-state index contributed by atoms with van der Waals surface area (Å²) >= 11 is 5.52. The molecule has 0 amide bonds. The Morgan fingerprint density at radius 1 is 1.21 bits per heavy atom. The highest BCUT2D eigenvalue weighted by Crippen LogP contribution is 2.41. The Bertz CT molecular complexity index is 607. The number of hydrogen-bond donors (Lipinski definition) is 0. The molecule has 1 aromatic heterocycles. The lowest BCUT2D eigenvalue weighted by atomic mass is 10.2. The summed E-state index contributed by atoms with van der Waals surface area (Å²) in [6, 6.07) is 7.09. The molecule has 19 heavy (non-hydrogen) atoms. The number of hydrogen-bond acceptors (Lipinski definition) is 3. The summed E-state index contributed by atoms with van der Waals surface area (Å²) in [7, 11) is 0. The molecule has 100 valence electrons. The van der Waals surface area contributed by atoms with Crippen LogP contribution >= 0.6 is 23.4 Å². The highest BCUT2D eigenvalue weighted by atomic mass is 35.5. The number of alkyl halides is 3. The smallest absolute Gasteiger partial charge is 0.446 e. The standard InChI is InChI=1S/C12H6ClF3O2S/c13-9-5-7(10-3-2-8(6-17)18-10)1-4-11(9)19-12(14,15)16/h1-6H. The van der Waals surface area contributed by atoms with E-state index in [1.807, 2.05) is 0 Å². The summed E-state index contributed by atoms with van der Waals surface area (Å²) in [6.45, 7) is 0. The zero-order valence-corrected chi connectivity index (χ0v) is 10.8. The van der Waals surface area contributed by atoms with E-state index in [1.165, 1.54) is 24.3 Å². The third kappa shape index (κ3) is 3.54. The van der Waals surface area contributed by atoms with E-state index in [2.05, 4.69) is 0 Å². The van der Waals surface area contributed by atoms with Crippen molar-refractivity contribution >= 4 is 29.6 Å². The number of furan rings is 1. The van der Waals surface area contributed by atoms with E-state index < -0.39 is 5.51 Å². The van der Waals surface area contributed by atoms with E-state index in [-0.39, 0.29) is 27.4 Å². The van der Waals surface area contributed by atoms with Crippen molar-refractivity contribution in [3.05, 3.63) is 41.1 Å². The van der Waals surface area contributed by atoms with Gasteiger partial charge in [-0.3, -0.25) is 4.79 Å². The van der Waals surface area contributed by atoms with Crippen molar-refractivity contribution in [2.75, 3.05) is 0 Å². The first kappa shape index (κ1) is 14.0. The molecule has 0 radical (unpaired) electrons. The largest absolute Gasteiger partial charge is 0.453 e. The molecule has 0 aliphatic heterocycles. The van der Waals surface area contributed by atoms with Gasteiger partial charge in [-0.15, -0.1) is 0 Å². The molecule has 2 rings (SSSR count). The molecule has 0 unspecified atom stereocenters. The maximum atomic E-state index is 12.2. The molecule has 0 bridgehead atoms. The molecular weight excluding hydrogens is 301 g/mol. The monoisotopic (exact) mass is 306 g/mol. The molecule has 0 N–H and O–H groups in total. The molecule has 0 spiro atoms. The van der Waals surface area contributed by atoms with Gasteiger partial charge in [-0.05, 0) is 36.0 Å². The molecule has 0 aliphatic carbocycles. The van der Waals surface area contributed by atoms with Crippen LogP contribution < -0.4 is 0 Å². The van der Waals surface area contributed by atoms with Gasteiger partial charge in [0, 0.05) is 10.5 Å². The predicted molar refractivity (Wildman–Crippen MR) is 66.5 cm³/mol. The number of benzene rings is 1. The lowest BCUT2D eigenvalue weighted by Gasteiger charge is -2.08. The van der Waals surface area contributed by atoms with Crippen LogP contribution in [0.1, 0.15) is 10.6 Å². The summed E-state index contributed by atoms with van der Waals surface area (Å²) in [5, 5.41) is -0.0242. The Balaban J connectivity index is 2.30. The van der Waals surface area contributed by atoms with Gasteiger partial charge in [-0.25, -0.2) is 0 Å². The normalized spacial score (nSPS) is 11.6. The van der Waals surface area contributed by atoms with Gasteiger partial charge in [0.15, 0.2) is 12.0 Å². The van der Waals surface area contributed by atoms with E-state index >= 15 is 0 Å². The first-order chi connectivity index (χ1) is 8.89. The van der Waals surface area contributed by atoms with E-state index in [0.29, 0.717) is 17.6 Å². The zero-order valence-electron chi connectivity index (χ0n) is 9.20. The van der Waals surface area contributed by atoms with Crippen molar-refractivity contribution in [1.82, 2.24) is 0 Å². The van der Waals surface area contributed by atoms with Crippen molar-refractivity contribution in [2.45, 2.75) is 10.4 Å². The second kappa shape index (κ2) is 5.30. The zero-order chi connectivity index (χ0) is 14.0. The molecule has 1 aromatic carbocycles. The van der Waals surface area contributed by atoms with Crippen molar-refractivity contribution in [3.8, 4) is 11.3 Å². The first-order valence-corrected chi connectivity index (χ1v) is 6.19. The van der Waals surface area contributed by atoms with E-state index in [4.69, 9.17) is 16.0 Å². The summed E-state index contributed by atoms with van der Waals surface area (Å²) in [4.78, 5) is 10.4. The van der Waals surface area contributed by atoms with Crippen molar-refractivity contribution in [3.63, 3.8) is 0 Å². The van der Waals surface area contributed by atoms with E-state index in [1.54, 1.807) is 6.07 Å². The maximum absolute atomic E-state index is 12.2. The predicted octanol–water partition coefficient (Wildman–Crippen LogP) is 5.02. The van der Waals surface area contributed by atoms with Gasteiger partial charge in [-0.2, -0.15) is 13.2 Å². The molecule has 0 saturated heterocycles. The van der Waals surface area contributed by atoms with E-state index in [9.17, 15) is 18.0 Å². The number of carbonyl (C=O) groups excluding carboxylic acids is 1. The second-order valence-electron chi connectivity index (χ2n) is 3.51.